The first-order valence-corrected chi connectivity index (χ1v) is 22.3. The number of esters is 2. The van der Waals surface area contributed by atoms with Crippen LogP contribution in [-0.2, 0) is 44.1 Å². The van der Waals surface area contributed by atoms with Gasteiger partial charge in [0, 0.05) is 47.5 Å². The fourth-order valence-electron chi connectivity index (χ4n) is 10.9. The standard InChI is InChI=1S/C47H49N3O13S/c1-22-14-27-15-29-44(53)50-30-19-58-45(54)47(28-17-31(56-5)32(16-26(28)12-13-48-47)63-46(55)59-18-25-10-8-7-9-11-25)20-64-43(37(50)36(49(29)4)33(27)38(52)39(22)57-6)35-34(30)42-41(60-21-61-42)23(2)40(35)62-24(3)51/h7-11,14,16-17,29-30,36-37,43-44,48,52-53H,12-13,15,18-21H2,1-6H3/t29-,30-,36-,37?,43+,44-,47+/m0/s1. The first kappa shape index (κ1) is 42.2. The fourth-order valence-corrected chi connectivity index (χ4v) is 12.6. The minimum atomic E-state index is -1.46. The van der Waals surface area contributed by atoms with Crippen LogP contribution in [0.3, 0.4) is 0 Å². The summed E-state index contributed by atoms with van der Waals surface area (Å²) in [7, 11) is 4.93. The summed E-state index contributed by atoms with van der Waals surface area (Å²) in [5.41, 5.74) is 4.80. The molecule has 17 heteroatoms. The van der Waals surface area contributed by atoms with Gasteiger partial charge in [-0.3, -0.25) is 19.9 Å². The van der Waals surface area contributed by atoms with E-state index in [2.05, 4.69) is 10.2 Å². The van der Waals surface area contributed by atoms with Gasteiger partial charge in [-0.25, -0.2) is 9.59 Å². The number of likely N-dealkylation sites (N-methyl/N-ethyl adjacent to an activating group) is 1. The summed E-state index contributed by atoms with van der Waals surface area (Å²) < 4.78 is 47.6. The zero-order valence-electron chi connectivity index (χ0n) is 36.2. The molecule has 11 rings (SSSR count). The molecule has 3 N–H and O–H groups in total. The van der Waals surface area contributed by atoms with Gasteiger partial charge in [0.25, 0.3) is 0 Å². The molecule has 64 heavy (non-hydrogen) atoms. The Morgan fingerprint density at radius 2 is 1.73 bits per heavy atom. The van der Waals surface area contributed by atoms with Crippen LogP contribution in [0.5, 0.6) is 40.2 Å². The maximum atomic E-state index is 15.0. The highest BCUT2D eigenvalue weighted by Crippen LogP contribution is 2.64. The Kier molecular flexibility index (Phi) is 10.6. The van der Waals surface area contributed by atoms with E-state index in [1.54, 1.807) is 12.1 Å². The summed E-state index contributed by atoms with van der Waals surface area (Å²) in [6.07, 6.45) is -1.08. The minimum absolute atomic E-state index is 0.0140. The Bertz CT molecular complexity index is 2590. The molecule has 2 saturated heterocycles. The number of carbonyl (C=O) groups is 3. The predicted molar refractivity (Wildman–Crippen MR) is 230 cm³/mol. The van der Waals surface area contributed by atoms with Crippen LogP contribution in [-0.4, -0.2) is 103 Å². The molecule has 4 bridgehead atoms. The van der Waals surface area contributed by atoms with E-state index < -0.39 is 59.3 Å². The highest BCUT2D eigenvalue weighted by atomic mass is 32.2. The predicted octanol–water partition coefficient (Wildman–Crippen LogP) is 5.42. The zero-order valence-corrected chi connectivity index (χ0v) is 37.0. The molecule has 1 spiro atoms. The molecule has 0 saturated carbocycles. The third-order valence-corrected chi connectivity index (χ3v) is 15.1. The van der Waals surface area contributed by atoms with E-state index in [-0.39, 0.29) is 43.0 Å². The van der Waals surface area contributed by atoms with Crippen molar-refractivity contribution in [3.63, 3.8) is 0 Å². The number of fused-ring (bicyclic) bond motifs is 9. The van der Waals surface area contributed by atoms with Crippen LogP contribution in [0.2, 0.25) is 0 Å². The molecular formula is C47H49N3O13S. The number of ether oxygens (including phenoxy) is 8. The number of hydrogen-bond acceptors (Lipinski definition) is 17. The van der Waals surface area contributed by atoms with E-state index in [1.807, 2.05) is 62.2 Å². The van der Waals surface area contributed by atoms with Crippen LogP contribution in [0.25, 0.3) is 0 Å². The minimum Gasteiger partial charge on any atom is -0.504 e. The van der Waals surface area contributed by atoms with Gasteiger partial charge < -0.3 is 48.1 Å². The number of methoxy groups -OCH3 is 2. The largest absolute Gasteiger partial charge is 0.514 e. The zero-order chi connectivity index (χ0) is 44.8. The molecule has 0 radical (unpaired) electrons. The van der Waals surface area contributed by atoms with Gasteiger partial charge in [-0.05, 0) is 73.7 Å². The quantitative estimate of drug-likeness (QED) is 0.127. The number of carbonyl (C=O) groups excluding carboxylic acids is 3. The summed E-state index contributed by atoms with van der Waals surface area (Å²) in [5.74, 6) is 0.839. The van der Waals surface area contributed by atoms with Crippen molar-refractivity contribution in [2.24, 2.45) is 0 Å². The molecule has 7 aliphatic rings. The van der Waals surface area contributed by atoms with Crippen molar-refractivity contribution >= 4 is 29.9 Å². The van der Waals surface area contributed by atoms with Crippen molar-refractivity contribution in [2.75, 3.05) is 47.0 Å². The average Bonchev–Trinajstić information content (AvgIpc) is 3.78. The van der Waals surface area contributed by atoms with E-state index in [1.165, 1.54) is 32.9 Å². The lowest BCUT2D eigenvalue weighted by molar-refractivity contribution is -0.186. The van der Waals surface area contributed by atoms with E-state index in [9.17, 15) is 19.8 Å². The van der Waals surface area contributed by atoms with Crippen molar-refractivity contribution in [2.45, 2.75) is 81.4 Å². The topological polar surface area (TPSA) is 184 Å². The molecule has 7 aliphatic heterocycles. The molecule has 0 amide bonds. The second-order valence-electron chi connectivity index (χ2n) is 17.0. The summed E-state index contributed by atoms with van der Waals surface area (Å²) in [6.45, 7) is 5.11. The van der Waals surface area contributed by atoms with Gasteiger partial charge in [0.1, 0.15) is 25.2 Å². The molecule has 16 nitrogen and oxygen atoms in total. The molecule has 0 aliphatic carbocycles. The Labute approximate surface area is 373 Å². The van der Waals surface area contributed by atoms with Gasteiger partial charge in [-0.2, -0.15) is 0 Å². The first-order valence-electron chi connectivity index (χ1n) is 21.2. The number of aliphatic hydroxyl groups is 1. The second kappa shape index (κ2) is 16.1. The molecule has 336 valence electrons. The number of thioether (sulfide) groups is 1. The molecule has 2 fully saturated rings. The summed E-state index contributed by atoms with van der Waals surface area (Å²) in [6, 6.07) is 12.3. The van der Waals surface area contributed by atoms with Crippen LogP contribution in [0.4, 0.5) is 4.79 Å². The monoisotopic (exact) mass is 895 g/mol. The van der Waals surface area contributed by atoms with Crippen molar-refractivity contribution < 1.29 is 62.5 Å². The van der Waals surface area contributed by atoms with Gasteiger partial charge in [0.2, 0.25) is 6.79 Å². The number of aryl methyl sites for hydroxylation is 1. The maximum Gasteiger partial charge on any atom is 0.514 e. The molecule has 7 heterocycles. The summed E-state index contributed by atoms with van der Waals surface area (Å²) in [5, 5.41) is 27.7. The average molecular weight is 896 g/mol. The van der Waals surface area contributed by atoms with Crippen molar-refractivity contribution in [3.05, 3.63) is 98.6 Å². The molecule has 4 aromatic rings. The molecule has 7 atom stereocenters. The van der Waals surface area contributed by atoms with Crippen LogP contribution >= 0.6 is 11.8 Å². The maximum absolute atomic E-state index is 15.0. The van der Waals surface area contributed by atoms with E-state index in [4.69, 9.17) is 37.9 Å². The first-order chi connectivity index (χ1) is 30.9. The Morgan fingerprint density at radius 1 is 0.953 bits per heavy atom. The highest BCUT2D eigenvalue weighted by molar-refractivity contribution is 7.99. The number of nitrogens with one attached hydrogen (secondary N) is 1. The number of hydrogen-bond donors (Lipinski definition) is 3. The van der Waals surface area contributed by atoms with Crippen LogP contribution in [0.1, 0.15) is 74.3 Å². The third kappa shape index (κ3) is 6.45. The number of nitrogens with zero attached hydrogens (tertiary/aromatic N) is 2. The Morgan fingerprint density at radius 3 is 2.48 bits per heavy atom. The molecule has 0 aromatic heterocycles. The van der Waals surface area contributed by atoms with Crippen molar-refractivity contribution in [3.8, 4) is 40.2 Å². The Balaban J connectivity index is 1.12. The molecule has 4 aromatic carbocycles. The van der Waals surface area contributed by atoms with Gasteiger partial charge in [0.05, 0.1) is 37.6 Å². The number of benzene rings is 4. The number of phenolic OH excluding ortho intramolecular Hbond substituents is 1. The fraction of sp³-hybridized carbons (Fsp3) is 0.426. The van der Waals surface area contributed by atoms with Crippen LogP contribution in [0, 0.1) is 13.8 Å². The summed E-state index contributed by atoms with van der Waals surface area (Å²) in [4.78, 5) is 45.2. The lowest BCUT2D eigenvalue weighted by Crippen LogP contribution is -2.70. The van der Waals surface area contributed by atoms with Crippen molar-refractivity contribution in [1.82, 2.24) is 15.1 Å². The number of piperazine rings is 1. The number of aliphatic hydroxyl groups excluding tert-OH is 1. The highest BCUT2D eigenvalue weighted by Gasteiger charge is 2.61. The smallest absolute Gasteiger partial charge is 0.504 e. The summed E-state index contributed by atoms with van der Waals surface area (Å²) >= 11 is 1.44. The van der Waals surface area contributed by atoms with E-state index in [0.29, 0.717) is 70.2 Å². The van der Waals surface area contributed by atoms with E-state index in [0.717, 1.165) is 22.3 Å². The number of rotatable bonds is 6. The second-order valence-corrected chi connectivity index (χ2v) is 18.2. The number of phenols is 1. The van der Waals surface area contributed by atoms with Crippen LogP contribution < -0.4 is 33.7 Å². The number of aromatic hydroxyl groups is 1. The SMILES string of the molecule is COc1cc2c(cc1OC(=O)OCc1ccccc1)CCN[C@]21CS[C@@H]2c3c(OC(C)=O)c(C)c4c(c3[C@H](COC1=O)N1C2[C@@H]2c3c(cc(C)c(OC)c3O)C[C@@H]([C@@H]1O)N2C)OCO4. The van der Waals surface area contributed by atoms with Gasteiger partial charge in [-0.1, -0.05) is 36.4 Å². The lowest BCUT2D eigenvalue weighted by Gasteiger charge is -2.62. The Hall–Kier alpha value is -5.72. The molecule has 1 unspecified atom stereocenters. The van der Waals surface area contributed by atoms with Gasteiger partial charge in [0.15, 0.2) is 40.0 Å². The lowest BCUT2D eigenvalue weighted by atomic mass is 9.73. The van der Waals surface area contributed by atoms with Crippen molar-refractivity contribution in [1.29, 1.82) is 0 Å². The normalized spacial score (nSPS) is 26.5. The third-order valence-electron chi connectivity index (χ3n) is 13.6. The van der Waals surface area contributed by atoms with Gasteiger partial charge >= 0.3 is 18.1 Å². The van der Waals surface area contributed by atoms with Crippen LogP contribution in [0.15, 0.2) is 48.5 Å². The molecular weight excluding hydrogens is 847 g/mol. The van der Waals surface area contributed by atoms with E-state index >= 15 is 4.79 Å². The van der Waals surface area contributed by atoms with Gasteiger partial charge in [-0.15, -0.1) is 11.8 Å².